The maximum absolute atomic E-state index is 10.5. The van der Waals surface area contributed by atoms with Crippen LogP contribution in [0.4, 0.5) is 0 Å². The molecule has 48 valence electrons. The van der Waals surface area contributed by atoms with Crippen LogP contribution in [0.2, 0.25) is 0 Å². The molecule has 0 aliphatic carbocycles. The van der Waals surface area contributed by atoms with Crippen LogP contribution < -0.4 is 11.2 Å². The Labute approximate surface area is 57.7 Å². The maximum atomic E-state index is 10.5. The summed E-state index contributed by atoms with van der Waals surface area (Å²) >= 11 is 2.70. The van der Waals surface area contributed by atoms with Crippen LogP contribution in [0.1, 0.15) is 0 Å². The molecule has 0 fully saturated rings. The number of H-pyrrole nitrogens is 1. The predicted octanol–water partition coefficient (Wildman–Crippen LogP) is -0.910. The molecule has 1 rings (SSSR count). The standard InChI is InChI=1S/C3H2BrN3O2/c4-7-2(8)1-5-6-3(7)9/h1H,(H,6,9). The fraction of sp³-hybridized carbons (Fsp3) is 0. The summed E-state index contributed by atoms with van der Waals surface area (Å²) < 4.78 is 0.750. The summed E-state index contributed by atoms with van der Waals surface area (Å²) in [7, 11) is 0. The molecule has 6 heteroatoms. The fourth-order valence-electron chi connectivity index (χ4n) is 0.337. The highest BCUT2D eigenvalue weighted by molar-refractivity contribution is 9.08. The van der Waals surface area contributed by atoms with E-state index >= 15 is 0 Å². The van der Waals surface area contributed by atoms with E-state index in [0.29, 0.717) is 0 Å². The number of hydrogen-bond donors (Lipinski definition) is 1. The van der Waals surface area contributed by atoms with Gasteiger partial charge in [-0.25, -0.2) is 9.89 Å². The first-order valence-electron chi connectivity index (χ1n) is 2.04. The first kappa shape index (κ1) is 6.21. The van der Waals surface area contributed by atoms with Gasteiger partial charge in [0.1, 0.15) is 6.20 Å². The number of hydrogen-bond acceptors (Lipinski definition) is 3. The molecule has 0 unspecified atom stereocenters. The SMILES string of the molecule is O=c1cn[nH]c(=O)n1Br. The molecule has 9 heavy (non-hydrogen) atoms. The summed E-state index contributed by atoms with van der Waals surface area (Å²) in [5, 5.41) is 5.29. The quantitative estimate of drug-likeness (QED) is 0.578. The maximum Gasteiger partial charge on any atom is 0.355 e. The Morgan fingerprint density at radius 2 is 2.33 bits per heavy atom. The third-order valence-corrected chi connectivity index (χ3v) is 1.38. The van der Waals surface area contributed by atoms with Gasteiger partial charge in [0.25, 0.3) is 5.56 Å². The van der Waals surface area contributed by atoms with Gasteiger partial charge >= 0.3 is 5.69 Å². The highest BCUT2D eigenvalue weighted by Crippen LogP contribution is 1.70. The van der Waals surface area contributed by atoms with Crippen molar-refractivity contribution in [3.63, 3.8) is 0 Å². The van der Waals surface area contributed by atoms with E-state index in [9.17, 15) is 9.59 Å². The second-order valence-corrected chi connectivity index (χ2v) is 2.00. The van der Waals surface area contributed by atoms with E-state index in [1.165, 1.54) is 0 Å². The highest BCUT2D eigenvalue weighted by Gasteiger charge is 1.92. The van der Waals surface area contributed by atoms with Crippen molar-refractivity contribution >= 4 is 16.1 Å². The Balaban J connectivity index is 3.62. The molecule has 0 saturated heterocycles. The minimum Gasteiger partial charge on any atom is -0.266 e. The number of aromatic nitrogens is 3. The van der Waals surface area contributed by atoms with Crippen LogP contribution >= 0.6 is 16.1 Å². The van der Waals surface area contributed by atoms with Crippen molar-refractivity contribution in [2.24, 2.45) is 0 Å². The Morgan fingerprint density at radius 3 is 2.78 bits per heavy atom. The summed E-state index contributed by atoms with van der Waals surface area (Å²) in [6, 6.07) is 0. The number of halogens is 1. The summed E-state index contributed by atoms with van der Waals surface area (Å²) in [5.41, 5.74) is -1.07. The van der Waals surface area contributed by atoms with Crippen LogP contribution in [0.3, 0.4) is 0 Å². The molecular formula is C3H2BrN3O2. The minimum absolute atomic E-state index is 0.487. The normalized spacial score (nSPS) is 9.44. The molecule has 0 aromatic carbocycles. The van der Waals surface area contributed by atoms with Crippen LogP contribution in [0.5, 0.6) is 0 Å². The van der Waals surface area contributed by atoms with Crippen molar-refractivity contribution < 1.29 is 0 Å². The van der Waals surface area contributed by atoms with Gasteiger partial charge in [-0.1, -0.05) is 0 Å². The molecule has 5 nitrogen and oxygen atoms in total. The largest absolute Gasteiger partial charge is 0.355 e. The molecule has 0 amide bonds. The molecule has 0 radical (unpaired) electrons. The lowest BCUT2D eigenvalue weighted by atomic mass is 10.9. The third-order valence-electron chi connectivity index (χ3n) is 0.707. The van der Waals surface area contributed by atoms with Crippen molar-refractivity contribution in [1.82, 2.24) is 13.8 Å². The molecule has 1 aromatic heterocycles. The van der Waals surface area contributed by atoms with Crippen LogP contribution in [0.15, 0.2) is 15.8 Å². The van der Waals surface area contributed by atoms with Gasteiger partial charge < -0.3 is 0 Å². The number of nitrogens with one attached hydrogen (secondary N) is 1. The van der Waals surface area contributed by atoms with Gasteiger partial charge in [-0.2, -0.15) is 8.69 Å². The zero-order valence-corrected chi connectivity index (χ0v) is 5.75. The Bertz CT molecular complexity index is 285. The minimum atomic E-state index is -0.581. The predicted molar refractivity (Wildman–Crippen MR) is 33.4 cm³/mol. The number of rotatable bonds is 0. The highest BCUT2D eigenvalue weighted by atomic mass is 79.9. The van der Waals surface area contributed by atoms with Crippen molar-refractivity contribution in [1.29, 1.82) is 0 Å². The Hall–Kier alpha value is -0.910. The molecule has 0 aliphatic rings. The van der Waals surface area contributed by atoms with E-state index in [1.54, 1.807) is 0 Å². The van der Waals surface area contributed by atoms with Crippen molar-refractivity contribution in [3.05, 3.63) is 27.0 Å². The summed E-state index contributed by atoms with van der Waals surface area (Å²) in [6.07, 6.45) is 0.996. The van der Waals surface area contributed by atoms with E-state index in [2.05, 4.69) is 26.3 Å². The fourth-order valence-corrected chi connectivity index (χ4v) is 0.508. The average molecular weight is 192 g/mol. The zero-order chi connectivity index (χ0) is 6.85. The van der Waals surface area contributed by atoms with Gasteiger partial charge in [0.15, 0.2) is 0 Å². The van der Waals surface area contributed by atoms with Gasteiger partial charge in [-0.15, -0.1) is 0 Å². The van der Waals surface area contributed by atoms with Crippen molar-refractivity contribution in [2.75, 3.05) is 0 Å². The first-order chi connectivity index (χ1) is 4.22. The number of nitrogens with zero attached hydrogens (tertiary/aromatic N) is 2. The lowest BCUT2D eigenvalue weighted by Crippen LogP contribution is -2.28. The Morgan fingerprint density at radius 1 is 1.67 bits per heavy atom. The van der Waals surface area contributed by atoms with E-state index in [-0.39, 0.29) is 0 Å². The second kappa shape index (κ2) is 2.14. The molecular weight excluding hydrogens is 190 g/mol. The zero-order valence-electron chi connectivity index (χ0n) is 4.17. The van der Waals surface area contributed by atoms with Crippen molar-refractivity contribution in [2.45, 2.75) is 0 Å². The van der Waals surface area contributed by atoms with Gasteiger partial charge in [0.2, 0.25) is 0 Å². The Kier molecular flexibility index (Phi) is 1.48. The van der Waals surface area contributed by atoms with E-state index in [0.717, 1.165) is 9.79 Å². The van der Waals surface area contributed by atoms with Crippen LogP contribution in [-0.2, 0) is 0 Å². The molecule has 1 N–H and O–H groups in total. The molecule has 0 bridgehead atoms. The molecule has 1 heterocycles. The van der Waals surface area contributed by atoms with Gasteiger partial charge in [-0.3, -0.25) is 4.79 Å². The molecule has 0 spiro atoms. The average Bonchev–Trinajstić information content (AvgIpc) is 1.83. The van der Waals surface area contributed by atoms with Gasteiger partial charge in [-0.05, 0) is 0 Å². The van der Waals surface area contributed by atoms with E-state index < -0.39 is 11.2 Å². The smallest absolute Gasteiger partial charge is 0.266 e. The lowest BCUT2D eigenvalue weighted by Gasteiger charge is -1.85. The summed E-state index contributed by atoms with van der Waals surface area (Å²) in [4.78, 5) is 20.9. The molecule has 0 atom stereocenters. The second-order valence-electron chi connectivity index (χ2n) is 1.29. The molecule has 0 aliphatic heterocycles. The van der Waals surface area contributed by atoms with Crippen LogP contribution in [-0.4, -0.2) is 13.8 Å². The van der Waals surface area contributed by atoms with Gasteiger partial charge in [0.05, 0.1) is 16.1 Å². The summed E-state index contributed by atoms with van der Waals surface area (Å²) in [5.74, 6) is 0. The van der Waals surface area contributed by atoms with Crippen LogP contribution in [0.25, 0.3) is 0 Å². The first-order valence-corrected chi connectivity index (χ1v) is 2.75. The van der Waals surface area contributed by atoms with Crippen molar-refractivity contribution in [3.8, 4) is 0 Å². The van der Waals surface area contributed by atoms with Crippen LogP contribution in [0, 0.1) is 0 Å². The monoisotopic (exact) mass is 191 g/mol. The topological polar surface area (TPSA) is 67.8 Å². The lowest BCUT2D eigenvalue weighted by molar-refractivity contribution is 0.867. The van der Waals surface area contributed by atoms with E-state index in [1.807, 2.05) is 0 Å². The number of aromatic amines is 1. The van der Waals surface area contributed by atoms with E-state index in [4.69, 9.17) is 0 Å². The third kappa shape index (κ3) is 1.07. The van der Waals surface area contributed by atoms with Gasteiger partial charge in [0, 0.05) is 0 Å². The molecule has 0 saturated carbocycles. The summed E-state index contributed by atoms with van der Waals surface area (Å²) in [6.45, 7) is 0. The molecule has 1 aromatic rings.